The van der Waals surface area contributed by atoms with Gasteiger partial charge in [0.1, 0.15) is 6.79 Å². The van der Waals surface area contributed by atoms with Crippen LogP contribution in [0, 0.1) is 11.8 Å². The SMILES string of the molecule is CCC1CN(B(C)O)CC(COCOCC[Si](C)(C)C)C1O.O=C=O. The summed E-state index contributed by atoms with van der Waals surface area (Å²) in [5.41, 5.74) is 0. The zero-order valence-corrected chi connectivity index (χ0v) is 17.2. The van der Waals surface area contributed by atoms with Gasteiger partial charge in [-0.05, 0) is 38.3 Å². The maximum absolute atomic E-state index is 10.4. The summed E-state index contributed by atoms with van der Waals surface area (Å²) >= 11 is 0. The molecule has 7 nitrogen and oxygen atoms in total. The molecule has 0 aliphatic carbocycles. The Kier molecular flexibility index (Phi) is 12.5. The third kappa shape index (κ3) is 10.9. The first-order valence-electron chi connectivity index (χ1n) is 8.91. The smallest absolute Gasteiger partial charge is 0.376 e. The van der Waals surface area contributed by atoms with Crippen LogP contribution in [0.25, 0.3) is 0 Å². The van der Waals surface area contributed by atoms with Crippen molar-refractivity contribution in [1.82, 2.24) is 4.81 Å². The molecule has 1 heterocycles. The quantitative estimate of drug-likeness (QED) is 0.355. The number of hydrogen-bond acceptors (Lipinski definition) is 7. The number of carbonyl (C=O) groups excluding carboxylic acids is 2. The highest BCUT2D eigenvalue weighted by Gasteiger charge is 2.37. The Hall–Kier alpha value is -0.538. The minimum absolute atomic E-state index is 0.0360. The summed E-state index contributed by atoms with van der Waals surface area (Å²) in [4.78, 5) is 18.3. The minimum Gasteiger partial charge on any atom is -0.437 e. The van der Waals surface area contributed by atoms with Gasteiger partial charge in [0.05, 0.1) is 12.7 Å². The molecule has 0 saturated carbocycles. The number of hydrogen-bond donors (Lipinski definition) is 2. The van der Waals surface area contributed by atoms with Gasteiger partial charge in [0.25, 0.3) is 0 Å². The highest BCUT2D eigenvalue weighted by Crippen LogP contribution is 2.25. The lowest BCUT2D eigenvalue weighted by molar-refractivity contribution is -0.191. The summed E-state index contributed by atoms with van der Waals surface area (Å²) in [5.74, 6) is 0.235. The largest absolute Gasteiger partial charge is 0.437 e. The van der Waals surface area contributed by atoms with E-state index in [0.29, 0.717) is 19.9 Å². The molecule has 2 N–H and O–H groups in total. The molecule has 146 valence electrons. The Morgan fingerprint density at radius 2 is 1.76 bits per heavy atom. The average Bonchev–Trinajstić information content (AvgIpc) is 2.51. The lowest BCUT2D eigenvalue weighted by Crippen LogP contribution is -2.54. The topological polar surface area (TPSA) is 96.3 Å². The molecule has 0 bridgehead atoms. The van der Waals surface area contributed by atoms with Gasteiger partial charge in [-0.1, -0.05) is 26.6 Å². The lowest BCUT2D eigenvalue weighted by atomic mass is 9.76. The molecule has 1 aliphatic rings. The summed E-state index contributed by atoms with van der Waals surface area (Å²) in [5, 5.41) is 20.2. The molecule has 1 rings (SSSR count). The van der Waals surface area contributed by atoms with Crippen molar-refractivity contribution in [3.8, 4) is 0 Å². The normalized spacial score (nSPS) is 24.2. The predicted octanol–water partition coefficient (Wildman–Crippen LogP) is 1.16. The van der Waals surface area contributed by atoms with Crippen LogP contribution in [-0.2, 0) is 19.1 Å². The fraction of sp³-hybridized carbons (Fsp3) is 0.938. The van der Waals surface area contributed by atoms with Crippen LogP contribution in [0.4, 0.5) is 0 Å². The van der Waals surface area contributed by atoms with E-state index in [1.54, 1.807) is 6.82 Å². The van der Waals surface area contributed by atoms with Gasteiger partial charge in [0.2, 0.25) is 0 Å². The van der Waals surface area contributed by atoms with Crippen LogP contribution in [0.3, 0.4) is 0 Å². The molecule has 3 unspecified atom stereocenters. The number of aliphatic hydroxyl groups is 1. The number of aliphatic hydroxyl groups excluding tert-OH is 1. The van der Waals surface area contributed by atoms with E-state index in [2.05, 4.69) is 26.6 Å². The van der Waals surface area contributed by atoms with Gasteiger partial charge in [-0.3, -0.25) is 0 Å². The summed E-state index contributed by atoms with van der Waals surface area (Å²) < 4.78 is 11.1. The lowest BCUT2D eigenvalue weighted by Gasteiger charge is -2.41. The van der Waals surface area contributed by atoms with Crippen LogP contribution in [-0.4, -0.2) is 75.4 Å². The number of piperidine rings is 1. The van der Waals surface area contributed by atoms with E-state index >= 15 is 0 Å². The molecule has 0 amide bonds. The van der Waals surface area contributed by atoms with E-state index in [-0.39, 0.29) is 24.1 Å². The number of rotatable bonds is 9. The van der Waals surface area contributed by atoms with E-state index in [0.717, 1.165) is 25.6 Å². The standard InChI is InChI=1S/C15H34BNO4Si.CO2/c1-6-13-9-17(16(2)19)10-14(15(13)18)11-21-12-20-7-8-22(3,4)5;2-1-3/h13-15,18-19H,6-12H2,1-5H3;. The summed E-state index contributed by atoms with van der Waals surface area (Å²) in [6.07, 6.45) is 0.801. The molecule has 1 aliphatic heterocycles. The van der Waals surface area contributed by atoms with Crippen molar-refractivity contribution < 1.29 is 29.2 Å². The van der Waals surface area contributed by atoms with Gasteiger partial charge in [-0.15, -0.1) is 0 Å². The van der Waals surface area contributed by atoms with Gasteiger partial charge >= 0.3 is 13.2 Å². The fourth-order valence-electron chi connectivity index (χ4n) is 2.80. The fourth-order valence-corrected chi connectivity index (χ4v) is 3.56. The molecule has 1 fully saturated rings. The zero-order chi connectivity index (χ0) is 19.5. The molecule has 0 aromatic carbocycles. The van der Waals surface area contributed by atoms with E-state index in [9.17, 15) is 10.1 Å². The summed E-state index contributed by atoms with van der Waals surface area (Å²) in [6, 6.07) is 1.14. The van der Waals surface area contributed by atoms with Crippen LogP contribution in [0.5, 0.6) is 0 Å². The molecule has 0 aromatic rings. The van der Waals surface area contributed by atoms with E-state index in [1.807, 2.05) is 4.81 Å². The van der Waals surface area contributed by atoms with Gasteiger partial charge in [-0.25, -0.2) is 0 Å². The number of nitrogens with zero attached hydrogens (tertiary/aromatic N) is 1. The van der Waals surface area contributed by atoms with Crippen molar-refractivity contribution >= 4 is 21.3 Å². The summed E-state index contributed by atoms with van der Waals surface area (Å²) in [7, 11) is -1.53. The second-order valence-corrected chi connectivity index (χ2v) is 13.4. The Morgan fingerprint density at radius 3 is 2.24 bits per heavy atom. The molecular formula is C16H34BNO6Si. The summed E-state index contributed by atoms with van der Waals surface area (Å²) in [6.45, 7) is 13.8. The first kappa shape index (κ1) is 24.5. The van der Waals surface area contributed by atoms with Crippen molar-refractivity contribution in [2.24, 2.45) is 11.8 Å². The zero-order valence-electron chi connectivity index (χ0n) is 16.2. The second-order valence-electron chi connectivity index (χ2n) is 7.80. The van der Waals surface area contributed by atoms with Crippen molar-refractivity contribution in [3.05, 3.63) is 0 Å². The van der Waals surface area contributed by atoms with Gasteiger partial charge < -0.3 is 24.4 Å². The van der Waals surface area contributed by atoms with Crippen LogP contribution in [0.15, 0.2) is 0 Å². The first-order chi connectivity index (χ1) is 11.7. The minimum atomic E-state index is -1.05. The van der Waals surface area contributed by atoms with Gasteiger partial charge in [-0.2, -0.15) is 9.59 Å². The van der Waals surface area contributed by atoms with Gasteiger partial charge in [0.15, 0.2) is 0 Å². The monoisotopic (exact) mass is 375 g/mol. The van der Waals surface area contributed by atoms with Crippen LogP contribution in [0.1, 0.15) is 13.3 Å². The highest BCUT2D eigenvalue weighted by atomic mass is 28.3. The van der Waals surface area contributed by atoms with Crippen LogP contribution < -0.4 is 0 Å². The molecule has 1 saturated heterocycles. The maximum atomic E-state index is 10.4. The van der Waals surface area contributed by atoms with Crippen LogP contribution in [0.2, 0.25) is 32.5 Å². The average molecular weight is 375 g/mol. The molecule has 0 spiro atoms. The Morgan fingerprint density at radius 1 is 1.20 bits per heavy atom. The highest BCUT2D eigenvalue weighted by molar-refractivity contribution is 6.76. The number of ether oxygens (including phenoxy) is 2. The molecule has 0 aromatic heterocycles. The predicted molar refractivity (Wildman–Crippen MR) is 98.6 cm³/mol. The Bertz CT molecular complexity index is 387. The van der Waals surface area contributed by atoms with E-state index in [4.69, 9.17) is 19.1 Å². The molecule has 9 heteroatoms. The molecule has 25 heavy (non-hydrogen) atoms. The van der Waals surface area contributed by atoms with Crippen LogP contribution >= 0.6 is 0 Å². The van der Waals surface area contributed by atoms with Crippen molar-refractivity contribution in [3.63, 3.8) is 0 Å². The van der Waals surface area contributed by atoms with E-state index in [1.165, 1.54) is 0 Å². The first-order valence-corrected chi connectivity index (χ1v) is 12.6. The van der Waals surface area contributed by atoms with Crippen molar-refractivity contribution in [1.29, 1.82) is 0 Å². The molecule has 3 atom stereocenters. The van der Waals surface area contributed by atoms with Crippen molar-refractivity contribution in [2.45, 2.75) is 52.0 Å². The van der Waals surface area contributed by atoms with Crippen molar-refractivity contribution in [2.75, 3.05) is 33.1 Å². The maximum Gasteiger partial charge on any atom is 0.376 e. The van der Waals surface area contributed by atoms with Gasteiger partial charge in [0, 0.05) is 20.6 Å². The Balaban J connectivity index is 0.00000178. The van der Waals surface area contributed by atoms with E-state index < -0.39 is 15.1 Å². The molecular weight excluding hydrogens is 341 g/mol. The molecule has 0 radical (unpaired) electrons. The second kappa shape index (κ2) is 12.8. The third-order valence-corrected chi connectivity index (χ3v) is 6.16. The Labute approximate surface area is 152 Å². The third-order valence-electron chi connectivity index (χ3n) is 4.45.